The summed E-state index contributed by atoms with van der Waals surface area (Å²) in [7, 11) is -3.52. The Hall–Kier alpha value is -1.87. The predicted molar refractivity (Wildman–Crippen MR) is 143 cm³/mol. The first-order valence-corrected chi connectivity index (χ1v) is 15.1. The van der Waals surface area contributed by atoms with Crippen molar-refractivity contribution in [1.82, 2.24) is 13.9 Å². The molecule has 190 valence electrons. The molecule has 6 nitrogen and oxygen atoms in total. The average molecular weight is 516 g/mol. The van der Waals surface area contributed by atoms with Crippen molar-refractivity contribution < 1.29 is 13.2 Å². The van der Waals surface area contributed by atoms with E-state index < -0.39 is 10.0 Å². The predicted octanol–water partition coefficient (Wildman–Crippen LogP) is 5.74. The lowest BCUT2D eigenvalue weighted by Crippen LogP contribution is -2.39. The quantitative estimate of drug-likeness (QED) is 0.241. The van der Waals surface area contributed by atoms with E-state index in [-0.39, 0.29) is 0 Å². The molecule has 1 aliphatic rings. The van der Waals surface area contributed by atoms with Crippen LogP contribution >= 0.6 is 11.8 Å². The molecule has 0 N–H and O–H groups in total. The van der Waals surface area contributed by atoms with Gasteiger partial charge in [-0.05, 0) is 67.9 Å². The molecular formula is C27H37N3O3S2. The first-order chi connectivity index (χ1) is 16.9. The third-order valence-electron chi connectivity index (χ3n) is 6.62. The Morgan fingerprint density at radius 3 is 2.60 bits per heavy atom. The van der Waals surface area contributed by atoms with Gasteiger partial charge >= 0.3 is 0 Å². The highest BCUT2D eigenvalue weighted by molar-refractivity contribution is 7.98. The molecule has 8 heteroatoms. The Morgan fingerprint density at radius 1 is 1.11 bits per heavy atom. The van der Waals surface area contributed by atoms with Gasteiger partial charge in [-0.25, -0.2) is 13.4 Å². The zero-order valence-electron chi connectivity index (χ0n) is 21.1. The van der Waals surface area contributed by atoms with Crippen LogP contribution in [0, 0.1) is 5.92 Å². The van der Waals surface area contributed by atoms with Crippen molar-refractivity contribution in [2.75, 3.05) is 26.3 Å². The van der Waals surface area contributed by atoms with Crippen molar-refractivity contribution in [3.8, 4) is 0 Å². The van der Waals surface area contributed by atoms with E-state index in [9.17, 15) is 8.42 Å². The zero-order valence-corrected chi connectivity index (χ0v) is 22.7. The van der Waals surface area contributed by atoms with Gasteiger partial charge in [-0.2, -0.15) is 4.31 Å². The summed E-state index contributed by atoms with van der Waals surface area (Å²) < 4.78 is 36.1. The van der Waals surface area contributed by atoms with Gasteiger partial charge in [-0.1, -0.05) is 49.9 Å². The molecule has 0 saturated carbocycles. The molecule has 1 aliphatic heterocycles. The van der Waals surface area contributed by atoms with Crippen LogP contribution in [0.5, 0.6) is 0 Å². The summed E-state index contributed by atoms with van der Waals surface area (Å²) in [4.78, 5) is 5.23. The second-order valence-electron chi connectivity index (χ2n) is 9.32. The van der Waals surface area contributed by atoms with Gasteiger partial charge in [0, 0.05) is 38.6 Å². The molecule has 4 rings (SSSR count). The number of piperidine rings is 1. The van der Waals surface area contributed by atoms with E-state index in [1.165, 1.54) is 11.1 Å². The van der Waals surface area contributed by atoms with Crippen molar-refractivity contribution in [3.05, 3.63) is 53.6 Å². The second kappa shape index (κ2) is 11.9. The number of rotatable bonds is 11. The number of hydrogen-bond acceptors (Lipinski definition) is 5. The van der Waals surface area contributed by atoms with Crippen LogP contribution in [-0.4, -0.2) is 48.6 Å². The van der Waals surface area contributed by atoms with Crippen LogP contribution in [0.3, 0.4) is 0 Å². The highest BCUT2D eigenvalue weighted by atomic mass is 32.2. The highest BCUT2D eigenvalue weighted by Gasteiger charge is 2.29. The lowest BCUT2D eigenvalue weighted by atomic mass is 10.0. The summed E-state index contributed by atoms with van der Waals surface area (Å²) in [5, 5.41) is 0.914. The van der Waals surface area contributed by atoms with E-state index in [1.54, 1.807) is 28.2 Å². The van der Waals surface area contributed by atoms with Gasteiger partial charge in [-0.3, -0.25) is 0 Å². The van der Waals surface area contributed by atoms with Crippen LogP contribution in [-0.2, 0) is 33.5 Å². The smallest absolute Gasteiger partial charge is 0.243 e. The summed E-state index contributed by atoms with van der Waals surface area (Å²) in [6, 6.07) is 14.1. The van der Waals surface area contributed by atoms with E-state index in [0.29, 0.717) is 37.1 Å². The number of aromatic nitrogens is 2. The van der Waals surface area contributed by atoms with E-state index in [2.05, 4.69) is 42.7 Å². The summed E-state index contributed by atoms with van der Waals surface area (Å²) in [6.07, 6.45) is 3.91. The highest BCUT2D eigenvalue weighted by Crippen LogP contribution is 2.30. The summed E-state index contributed by atoms with van der Waals surface area (Å²) in [5.74, 6) is 1.21. The van der Waals surface area contributed by atoms with Crippen LogP contribution in [0.4, 0.5) is 0 Å². The molecule has 1 atom stereocenters. The van der Waals surface area contributed by atoms with Crippen molar-refractivity contribution in [1.29, 1.82) is 0 Å². The molecule has 1 unspecified atom stereocenters. The standard InChI is InChI=1S/C27H37N3O3S2/c1-4-22-9-11-23(12-10-22)20-34-27-28-25-18-24(35(31,32)29-15-6-8-21(3)19-29)13-14-26(25)30(27)16-7-17-33-5-2/h9-14,18,21H,4-8,15-17,19-20H2,1-3H3. The number of benzene rings is 2. The van der Waals surface area contributed by atoms with E-state index in [4.69, 9.17) is 9.72 Å². The number of sulfonamides is 1. The molecular weight excluding hydrogens is 478 g/mol. The van der Waals surface area contributed by atoms with Crippen LogP contribution in [0.2, 0.25) is 0 Å². The van der Waals surface area contributed by atoms with Crippen molar-refractivity contribution in [2.45, 2.75) is 68.8 Å². The third kappa shape index (κ3) is 6.28. The van der Waals surface area contributed by atoms with Gasteiger partial charge in [0.05, 0.1) is 15.9 Å². The fraction of sp³-hybridized carbons (Fsp3) is 0.519. The molecule has 1 saturated heterocycles. The minimum atomic E-state index is -3.52. The lowest BCUT2D eigenvalue weighted by molar-refractivity contribution is 0.141. The van der Waals surface area contributed by atoms with Gasteiger partial charge in [0.25, 0.3) is 0 Å². The first kappa shape index (κ1) is 26.2. The monoisotopic (exact) mass is 515 g/mol. The Morgan fingerprint density at radius 2 is 1.89 bits per heavy atom. The minimum absolute atomic E-state index is 0.338. The SMILES string of the molecule is CCOCCCn1c(SCc2ccc(CC)cc2)nc2cc(S(=O)(=O)N3CCCC(C)C3)ccc21. The number of aryl methyl sites for hydroxylation is 2. The molecule has 3 aromatic rings. The summed E-state index contributed by atoms with van der Waals surface area (Å²) in [5.41, 5.74) is 4.29. The summed E-state index contributed by atoms with van der Waals surface area (Å²) in [6.45, 7) is 9.64. The van der Waals surface area contributed by atoms with Crippen LogP contribution in [0.25, 0.3) is 11.0 Å². The molecule has 2 heterocycles. The Bertz CT molecular complexity index is 1220. The van der Waals surface area contributed by atoms with Crippen LogP contribution < -0.4 is 0 Å². The maximum Gasteiger partial charge on any atom is 0.243 e. The maximum absolute atomic E-state index is 13.3. The Kier molecular flexibility index (Phi) is 8.92. The molecule has 2 aromatic carbocycles. The molecule has 0 amide bonds. The molecule has 1 aromatic heterocycles. The fourth-order valence-corrected chi connectivity index (χ4v) is 7.19. The van der Waals surface area contributed by atoms with Gasteiger partial charge < -0.3 is 9.30 Å². The van der Waals surface area contributed by atoms with Crippen LogP contribution in [0.15, 0.2) is 52.5 Å². The van der Waals surface area contributed by atoms with Crippen molar-refractivity contribution in [2.24, 2.45) is 5.92 Å². The van der Waals surface area contributed by atoms with Gasteiger partial charge in [0.1, 0.15) is 0 Å². The zero-order chi connectivity index (χ0) is 24.8. The van der Waals surface area contributed by atoms with Gasteiger partial charge in [0.15, 0.2) is 5.16 Å². The van der Waals surface area contributed by atoms with Gasteiger partial charge in [-0.15, -0.1) is 0 Å². The van der Waals surface area contributed by atoms with E-state index in [0.717, 1.165) is 54.2 Å². The normalized spacial score (nSPS) is 17.3. The van der Waals surface area contributed by atoms with Crippen LogP contribution in [0.1, 0.15) is 51.2 Å². The topological polar surface area (TPSA) is 64.4 Å². The number of imidazole rings is 1. The van der Waals surface area contributed by atoms with Crippen molar-refractivity contribution in [3.63, 3.8) is 0 Å². The minimum Gasteiger partial charge on any atom is -0.382 e. The average Bonchev–Trinajstić information content (AvgIpc) is 3.22. The third-order valence-corrected chi connectivity index (χ3v) is 9.52. The number of fused-ring (bicyclic) bond motifs is 1. The molecule has 0 radical (unpaired) electrons. The molecule has 0 aliphatic carbocycles. The Balaban J connectivity index is 1.61. The number of nitrogens with zero attached hydrogens (tertiary/aromatic N) is 3. The van der Waals surface area contributed by atoms with E-state index >= 15 is 0 Å². The fourth-order valence-electron chi connectivity index (χ4n) is 4.58. The lowest BCUT2D eigenvalue weighted by Gasteiger charge is -2.30. The molecule has 1 fully saturated rings. The Labute approximate surface area is 214 Å². The number of hydrogen-bond donors (Lipinski definition) is 0. The number of ether oxygens (including phenoxy) is 1. The van der Waals surface area contributed by atoms with Gasteiger partial charge in [0.2, 0.25) is 10.0 Å². The van der Waals surface area contributed by atoms with Crippen molar-refractivity contribution >= 4 is 32.8 Å². The summed E-state index contributed by atoms with van der Waals surface area (Å²) >= 11 is 1.70. The molecule has 0 bridgehead atoms. The largest absolute Gasteiger partial charge is 0.382 e. The molecule has 0 spiro atoms. The second-order valence-corrected chi connectivity index (χ2v) is 12.2. The van der Waals surface area contributed by atoms with E-state index in [1.807, 2.05) is 13.0 Å². The molecule has 35 heavy (non-hydrogen) atoms. The number of thioether (sulfide) groups is 1. The first-order valence-electron chi connectivity index (χ1n) is 12.7. The maximum atomic E-state index is 13.3.